The first kappa shape index (κ1) is 96.4. The number of piperazine rings is 2. The van der Waals surface area contributed by atoms with Crippen LogP contribution in [-0.4, -0.2) is 263 Å². The van der Waals surface area contributed by atoms with Gasteiger partial charge in [0.25, 0.3) is 23.5 Å². The van der Waals surface area contributed by atoms with Crippen molar-refractivity contribution in [2.45, 2.75) is 212 Å². The molecule has 15 atom stereocenters. The number of hydrogen-bond acceptors (Lipinski definition) is 31. The monoisotopic (exact) mass is 1840 g/mol. The van der Waals surface area contributed by atoms with Crippen LogP contribution in [0.4, 0.5) is 29.5 Å². The van der Waals surface area contributed by atoms with Crippen LogP contribution >= 0.6 is 0 Å². The van der Waals surface area contributed by atoms with Crippen LogP contribution in [0.1, 0.15) is 175 Å². The van der Waals surface area contributed by atoms with E-state index in [2.05, 4.69) is 61.8 Å². The number of amides is 3. The van der Waals surface area contributed by atoms with Gasteiger partial charge in [-0.05, 0) is 160 Å². The molecule has 3 amide bonds. The summed E-state index contributed by atoms with van der Waals surface area (Å²) in [4.78, 5) is 162. The Labute approximate surface area is 779 Å². The Morgan fingerprint density at radius 2 is 1.34 bits per heavy atom. The lowest BCUT2D eigenvalue weighted by Crippen LogP contribution is -2.61. The number of aryl methyl sites for hydroxylation is 1. The number of nitrogen functional groups attached to an aromatic ring is 2. The van der Waals surface area contributed by atoms with Crippen LogP contribution in [0.3, 0.4) is 0 Å². The number of aliphatic hydroxyl groups is 2. The van der Waals surface area contributed by atoms with E-state index in [1.165, 1.54) is 18.3 Å². The van der Waals surface area contributed by atoms with Crippen molar-refractivity contribution in [3.8, 4) is 11.3 Å². The van der Waals surface area contributed by atoms with Crippen LogP contribution in [-0.2, 0) is 83.1 Å². The molecule has 5 fully saturated rings. The molecule has 6 N–H and O–H groups in total. The molecule has 0 spiro atoms. The van der Waals surface area contributed by atoms with Crippen molar-refractivity contribution in [1.29, 1.82) is 0 Å². The molecule has 0 radical (unpaired) electrons. The van der Waals surface area contributed by atoms with E-state index in [9.17, 15) is 48.6 Å². The number of benzene rings is 2. The molecule has 1 aliphatic carbocycles. The smallest absolute Gasteiger partial charge is 0.329 e. The minimum Gasteiger partial charge on any atom is -0.460 e. The molecular weight excluding hydrogens is 1710 g/mol. The van der Waals surface area contributed by atoms with Gasteiger partial charge in [0.15, 0.2) is 17.3 Å². The van der Waals surface area contributed by atoms with Crippen molar-refractivity contribution in [3.63, 3.8) is 0 Å². The van der Waals surface area contributed by atoms with E-state index in [0.29, 0.717) is 211 Å². The predicted octanol–water partition coefficient (Wildman–Crippen LogP) is 9.99. The second-order valence-electron chi connectivity index (χ2n) is 37.2. The number of esters is 2. The number of cyclic esters (lactones) is 1. The average Bonchev–Trinajstić information content (AvgIpc) is 1.50. The van der Waals surface area contributed by atoms with Crippen LogP contribution in [0.15, 0.2) is 138 Å². The molecule has 6 aromatic heterocycles. The summed E-state index contributed by atoms with van der Waals surface area (Å²) in [6, 6.07) is 12.6. The Morgan fingerprint density at radius 1 is 0.664 bits per heavy atom. The van der Waals surface area contributed by atoms with E-state index >= 15 is 0 Å². The van der Waals surface area contributed by atoms with Crippen molar-refractivity contribution in [2.75, 3.05) is 113 Å². The van der Waals surface area contributed by atoms with Gasteiger partial charge in [0.1, 0.15) is 59.7 Å². The van der Waals surface area contributed by atoms with Gasteiger partial charge in [0, 0.05) is 185 Å². The number of piperidine rings is 1. The first-order valence-corrected chi connectivity index (χ1v) is 46.9. The molecule has 0 unspecified atom stereocenters. The van der Waals surface area contributed by atoms with Crippen molar-refractivity contribution in [1.82, 2.24) is 64.4 Å². The maximum absolute atomic E-state index is 14.9. The normalized spacial score (nSPS) is 27.6. The van der Waals surface area contributed by atoms with Gasteiger partial charge in [-0.25, -0.2) is 49.3 Å². The number of carbonyl (C=O) groups excluding carboxylic acids is 8. The van der Waals surface area contributed by atoms with Crippen molar-refractivity contribution < 1.29 is 81.4 Å². The van der Waals surface area contributed by atoms with E-state index in [-0.39, 0.29) is 67.4 Å². The van der Waals surface area contributed by atoms with Gasteiger partial charge in [0.05, 0.1) is 41.4 Å². The van der Waals surface area contributed by atoms with Gasteiger partial charge in [-0.2, -0.15) is 5.10 Å². The first-order valence-electron chi connectivity index (χ1n) is 46.9. The average molecular weight is 1840 g/mol. The third kappa shape index (κ3) is 22.2. The summed E-state index contributed by atoms with van der Waals surface area (Å²) in [6.07, 6.45) is 22.1. The summed E-state index contributed by atoms with van der Waals surface area (Å²) in [5, 5.41) is 30.4. The highest BCUT2D eigenvalue weighted by molar-refractivity contribution is 6.39. The molecule has 4 saturated heterocycles. The van der Waals surface area contributed by atoms with Crippen molar-refractivity contribution >= 4 is 98.6 Å². The number of aliphatic hydroxyl groups excluding tert-OH is 1. The number of rotatable bonds is 18. The van der Waals surface area contributed by atoms with Gasteiger partial charge in [-0.3, -0.25) is 33.6 Å². The number of methoxy groups -OCH3 is 3. The molecule has 12 heterocycles. The van der Waals surface area contributed by atoms with Crippen molar-refractivity contribution in [3.05, 3.63) is 167 Å². The number of allylic oxidation sites excluding steroid dienone is 6. The van der Waals surface area contributed by atoms with Crippen LogP contribution in [0.25, 0.3) is 33.3 Å². The number of ether oxygens (including phenoxy) is 6. The first-order chi connectivity index (χ1) is 64.5. The minimum atomic E-state index is -2.49. The van der Waals surface area contributed by atoms with E-state index in [4.69, 9.17) is 49.4 Å². The highest BCUT2D eigenvalue weighted by Crippen LogP contribution is 2.41. The number of anilines is 5. The lowest BCUT2D eigenvalue weighted by molar-refractivity contribution is -0.265. The summed E-state index contributed by atoms with van der Waals surface area (Å²) >= 11 is 0. The number of carbonyl (C=O) groups is 8. The van der Waals surface area contributed by atoms with Crippen LogP contribution in [0, 0.1) is 35.5 Å². The quantitative estimate of drug-likeness (QED) is 0.0352. The zero-order chi connectivity index (χ0) is 94.8. The maximum Gasteiger partial charge on any atom is 0.329 e. The number of Topliss-reactive ketones (excluding diaryl/α,β-unsaturated/α-hetero) is 3. The molecule has 712 valence electrons. The summed E-state index contributed by atoms with van der Waals surface area (Å²) in [7, 11) is 4.51. The molecule has 2 aromatic carbocycles. The Morgan fingerprint density at radius 3 is 2.02 bits per heavy atom. The minimum absolute atomic E-state index is 0.0247. The van der Waals surface area contributed by atoms with Gasteiger partial charge in [-0.1, -0.05) is 89.3 Å². The van der Waals surface area contributed by atoms with E-state index in [0.717, 1.165) is 38.8 Å². The van der Waals surface area contributed by atoms with Gasteiger partial charge >= 0.3 is 11.9 Å². The Bertz CT molecular complexity index is 5690. The number of aromatic nitrogens is 10. The fraction of sp³-hybridized carbons (Fsp3) is 0.525. The molecule has 8 aromatic rings. The maximum atomic E-state index is 14.9. The van der Waals surface area contributed by atoms with Gasteiger partial charge in [-0.15, -0.1) is 0 Å². The van der Waals surface area contributed by atoms with Gasteiger partial charge in [0.2, 0.25) is 23.6 Å². The standard InChI is InChI=1S/C99H124N18O17/c1-58-16-12-11-13-17-59(2)79(128-8)47-74-25-19-64(7)99(127,134-74)89(122)94(125)116-30-15-14-18-75(116)95(126)133-80(48-76(118)60(3)41-63(6)87(121)88(130-10)86(120)62(5)40-58)61(4)42-65-21-26-78(81(44-65)129-9)132-83(119)28-22-67-49-102-96(103-50-67)113-36-38-114(39-37-113)98-104-51-72(52-105-98)92(123)111-32-34-112(35-33-111)97-106-53-73(54-107-97)93(124)115-31-29-68-43-66(20-23-70(68)56-115)55-117-91-84(90(101)108-57-109-91)85(110-117)69-24-27-77-71(45-69)46-82(100)131-77/h11-13,16-17,20,23-24,27,41,43,45-46,49-54,57-58,60-62,64-65,74-75,78-81,87-88,121,127H,14-15,18-19,21-22,25-26,28-40,42,44,47-48,55-56,100H2,1-10H3,(H2,101,108,109)/b13-11+,16-12+,59-17+,63-41+/t58-,60-,61-,62-,64-,65+,74+,75+,78-,79+,80+,81-,87-,88+,99-/m1/s1. The SMILES string of the molecule is CO[C@H]1C[C@@H]2CC[C@@H](C)[C@@](O)(O2)C(=O)C(=O)N2CCCC[C@H]2C(=O)O[C@H]([C@H](C)C[C@@H]2CC[C@@H](OC(=O)CCc3cnc(N4CCN(c5ncc(C(=O)N6CCN(c7ncc(C(=O)N8CCc9cc(Cn%10nc(-c%11ccc%12oc(N)cc%12c%11)c%11c(N)ncnc%11%10)ccc9C8)cn7)CC6)cn5)CC4)nc3)[C@H](OC)C2)CC(=O)[C@H](C)/C=C(\C)[C@@H](O)[C@@H](OC)C(=O)[C@H](C)C[C@H](C)/C=C/C=C/C=C/1C. The number of hydrogen-bond donors (Lipinski definition) is 4. The second-order valence-corrected chi connectivity index (χ2v) is 37.2. The van der Waals surface area contributed by atoms with E-state index in [1.54, 1.807) is 96.1 Å². The fourth-order valence-electron chi connectivity index (χ4n) is 19.7. The summed E-state index contributed by atoms with van der Waals surface area (Å²) < 4.78 is 43.8. The van der Waals surface area contributed by atoms with E-state index < -0.39 is 102 Å². The van der Waals surface area contributed by atoms with E-state index in [1.807, 2.05) is 89.9 Å². The molecule has 1 saturated carbocycles. The van der Waals surface area contributed by atoms with Gasteiger partial charge < -0.3 is 83.9 Å². The highest BCUT2D eigenvalue weighted by Gasteiger charge is 2.54. The largest absolute Gasteiger partial charge is 0.460 e. The summed E-state index contributed by atoms with van der Waals surface area (Å²) in [6.45, 7) is 18.1. The Balaban J connectivity index is 0.500. The molecule has 134 heavy (non-hydrogen) atoms. The third-order valence-electron chi connectivity index (χ3n) is 27.8. The number of nitrogens with two attached hydrogens (primary N) is 2. The Kier molecular flexibility index (Phi) is 31.0. The summed E-state index contributed by atoms with van der Waals surface area (Å²) in [5.74, 6) is -7.32. The van der Waals surface area contributed by atoms with Crippen LogP contribution in [0.2, 0.25) is 0 Å². The molecular formula is C99H124N18O17. The molecule has 2 bridgehead atoms. The van der Waals surface area contributed by atoms with Crippen LogP contribution in [0.5, 0.6) is 0 Å². The summed E-state index contributed by atoms with van der Waals surface area (Å²) in [5.41, 5.74) is 21.1. The molecule has 35 heteroatoms. The zero-order valence-electron chi connectivity index (χ0n) is 78.1. The highest BCUT2D eigenvalue weighted by atomic mass is 16.6. The number of ketones is 3. The zero-order valence-corrected chi connectivity index (χ0v) is 78.1. The lowest BCUT2D eigenvalue weighted by atomic mass is 9.78. The number of fused-ring (bicyclic) bond motifs is 6. The Hall–Kier alpha value is -12.2. The van der Waals surface area contributed by atoms with Crippen molar-refractivity contribution in [2.24, 2.45) is 35.5 Å². The lowest BCUT2D eigenvalue weighted by Gasteiger charge is -2.42. The fourth-order valence-corrected chi connectivity index (χ4v) is 19.7. The second kappa shape index (κ2) is 43.0. The molecule has 6 aliphatic heterocycles. The molecule has 15 rings (SSSR count). The number of furan rings is 1. The molecule has 7 aliphatic rings. The molecule has 35 nitrogen and oxygen atoms in total. The number of nitrogens with zero attached hydrogens (tertiary/aromatic N) is 16. The third-order valence-corrected chi connectivity index (χ3v) is 27.8. The van der Waals surface area contributed by atoms with Crippen LogP contribution < -0.4 is 26.2 Å². The topological polar surface area (TPSA) is 438 Å². The predicted molar refractivity (Wildman–Crippen MR) is 499 cm³/mol.